The molecular weight excluding hydrogens is 290 g/mol. The molecule has 1 fully saturated rings. The first-order valence-corrected chi connectivity index (χ1v) is 8.79. The Hall–Kier alpha value is -1.56. The molecule has 1 amide bonds. The summed E-state index contributed by atoms with van der Waals surface area (Å²) in [5.74, 6) is 0.291. The van der Waals surface area contributed by atoms with E-state index in [1.165, 1.54) is 0 Å². The van der Waals surface area contributed by atoms with E-state index in [2.05, 4.69) is 0 Å². The molecule has 0 aliphatic carbocycles. The van der Waals surface area contributed by atoms with Crippen molar-refractivity contribution in [2.45, 2.75) is 38.6 Å². The van der Waals surface area contributed by atoms with Crippen LogP contribution in [0.4, 0.5) is 0 Å². The second-order valence-corrected chi connectivity index (χ2v) is 7.26. The number of sulfonamides is 1. The van der Waals surface area contributed by atoms with E-state index in [0.717, 1.165) is 22.7 Å². The van der Waals surface area contributed by atoms with Gasteiger partial charge in [-0.15, -0.1) is 0 Å². The van der Waals surface area contributed by atoms with E-state index in [-0.39, 0.29) is 11.7 Å². The Labute approximate surface area is 126 Å². The van der Waals surface area contributed by atoms with Gasteiger partial charge in [0.15, 0.2) is 0 Å². The summed E-state index contributed by atoms with van der Waals surface area (Å²) >= 11 is 0. The van der Waals surface area contributed by atoms with Gasteiger partial charge in [0.2, 0.25) is 15.9 Å². The van der Waals surface area contributed by atoms with Crippen LogP contribution in [0.5, 0.6) is 5.75 Å². The van der Waals surface area contributed by atoms with Crippen molar-refractivity contribution in [3.8, 4) is 5.75 Å². The van der Waals surface area contributed by atoms with Gasteiger partial charge in [-0.25, -0.2) is 12.7 Å². The predicted molar refractivity (Wildman–Crippen MR) is 80.5 cm³/mol. The SMILES string of the molecule is CCS(=O)(=O)N1C(=O)CCCCC1c1cccc(OC)c1. The first kappa shape index (κ1) is 15.8. The van der Waals surface area contributed by atoms with Gasteiger partial charge in [-0.05, 0) is 37.5 Å². The molecule has 6 heteroatoms. The maximum Gasteiger partial charge on any atom is 0.237 e. The molecule has 0 N–H and O–H groups in total. The average Bonchev–Trinajstić information content (AvgIpc) is 2.69. The molecule has 1 unspecified atom stereocenters. The second-order valence-electron chi connectivity index (χ2n) is 5.13. The number of ether oxygens (including phenoxy) is 1. The number of amides is 1. The first-order chi connectivity index (χ1) is 9.99. The Morgan fingerprint density at radius 1 is 1.33 bits per heavy atom. The molecule has 1 heterocycles. The van der Waals surface area contributed by atoms with Gasteiger partial charge in [0.05, 0.1) is 18.9 Å². The molecule has 5 nitrogen and oxygen atoms in total. The smallest absolute Gasteiger partial charge is 0.237 e. The largest absolute Gasteiger partial charge is 0.497 e. The minimum absolute atomic E-state index is 0.0702. The monoisotopic (exact) mass is 311 g/mol. The molecule has 1 aliphatic heterocycles. The van der Waals surface area contributed by atoms with Gasteiger partial charge in [-0.1, -0.05) is 18.6 Å². The lowest BCUT2D eigenvalue weighted by Gasteiger charge is -2.29. The highest BCUT2D eigenvalue weighted by Gasteiger charge is 2.35. The molecule has 0 aromatic heterocycles. The van der Waals surface area contributed by atoms with Gasteiger partial charge in [0.25, 0.3) is 0 Å². The van der Waals surface area contributed by atoms with E-state index in [0.29, 0.717) is 18.6 Å². The van der Waals surface area contributed by atoms with Crippen LogP contribution in [-0.4, -0.2) is 31.5 Å². The summed E-state index contributed by atoms with van der Waals surface area (Å²) in [6, 6.07) is 6.85. The van der Waals surface area contributed by atoms with E-state index in [1.807, 2.05) is 12.1 Å². The van der Waals surface area contributed by atoms with Crippen LogP contribution >= 0.6 is 0 Å². The average molecular weight is 311 g/mol. The van der Waals surface area contributed by atoms with Crippen LogP contribution < -0.4 is 4.74 Å². The number of methoxy groups -OCH3 is 1. The number of hydrogen-bond donors (Lipinski definition) is 0. The zero-order valence-electron chi connectivity index (χ0n) is 12.4. The Morgan fingerprint density at radius 2 is 2.10 bits per heavy atom. The van der Waals surface area contributed by atoms with Gasteiger partial charge in [0, 0.05) is 6.42 Å². The highest BCUT2D eigenvalue weighted by molar-refractivity contribution is 7.89. The van der Waals surface area contributed by atoms with Crippen LogP contribution in [-0.2, 0) is 14.8 Å². The molecule has 1 aromatic carbocycles. The number of benzene rings is 1. The molecule has 0 spiro atoms. The Bertz CT molecular complexity index is 612. The minimum Gasteiger partial charge on any atom is -0.497 e. The number of carbonyl (C=O) groups is 1. The maximum atomic E-state index is 12.3. The fourth-order valence-electron chi connectivity index (χ4n) is 2.65. The van der Waals surface area contributed by atoms with E-state index in [1.54, 1.807) is 26.2 Å². The Kier molecular flexibility index (Phi) is 4.88. The highest BCUT2D eigenvalue weighted by atomic mass is 32.2. The standard InChI is InChI=1S/C15H21NO4S/c1-3-21(18,19)16-14(9-4-5-10-15(16)17)12-7-6-8-13(11-12)20-2/h6-8,11,14H,3-5,9-10H2,1-2H3. The third-order valence-corrected chi connectivity index (χ3v) is 5.58. The van der Waals surface area contributed by atoms with Crippen LogP contribution in [0.1, 0.15) is 44.2 Å². The van der Waals surface area contributed by atoms with Crippen LogP contribution in [0, 0.1) is 0 Å². The summed E-state index contributed by atoms with van der Waals surface area (Å²) in [7, 11) is -2.00. The molecular formula is C15H21NO4S. The Morgan fingerprint density at radius 3 is 2.76 bits per heavy atom. The summed E-state index contributed by atoms with van der Waals surface area (Å²) in [6.45, 7) is 1.57. The van der Waals surface area contributed by atoms with Crippen molar-refractivity contribution in [2.24, 2.45) is 0 Å². The molecule has 116 valence electrons. The van der Waals surface area contributed by atoms with Crippen molar-refractivity contribution in [1.82, 2.24) is 4.31 Å². The predicted octanol–water partition coefficient (Wildman–Crippen LogP) is 2.49. The van der Waals surface area contributed by atoms with E-state index in [9.17, 15) is 13.2 Å². The normalized spacial score (nSPS) is 20.2. The third kappa shape index (κ3) is 3.37. The zero-order valence-corrected chi connectivity index (χ0v) is 13.2. The lowest BCUT2D eigenvalue weighted by atomic mass is 10.0. The van der Waals surface area contributed by atoms with Crippen molar-refractivity contribution < 1.29 is 17.9 Å². The molecule has 1 aromatic rings. The van der Waals surface area contributed by atoms with Gasteiger partial charge in [-0.2, -0.15) is 0 Å². The lowest BCUT2D eigenvalue weighted by molar-refractivity contribution is -0.127. The number of nitrogens with zero attached hydrogens (tertiary/aromatic N) is 1. The third-order valence-electron chi connectivity index (χ3n) is 3.79. The molecule has 1 aliphatic rings. The quantitative estimate of drug-likeness (QED) is 0.857. The maximum absolute atomic E-state index is 12.3. The number of carbonyl (C=O) groups excluding carboxylic acids is 1. The van der Waals surface area contributed by atoms with Gasteiger partial charge in [-0.3, -0.25) is 4.79 Å². The molecule has 2 rings (SSSR count). The van der Waals surface area contributed by atoms with E-state index >= 15 is 0 Å². The van der Waals surface area contributed by atoms with Crippen LogP contribution in [0.25, 0.3) is 0 Å². The molecule has 1 saturated heterocycles. The highest BCUT2D eigenvalue weighted by Crippen LogP contribution is 2.34. The first-order valence-electron chi connectivity index (χ1n) is 7.18. The van der Waals surface area contributed by atoms with Crippen LogP contribution in [0.2, 0.25) is 0 Å². The zero-order chi connectivity index (χ0) is 15.5. The molecule has 21 heavy (non-hydrogen) atoms. The molecule has 0 bridgehead atoms. The summed E-state index contributed by atoms with van der Waals surface area (Å²) in [5, 5.41) is 0. The van der Waals surface area contributed by atoms with Gasteiger partial charge >= 0.3 is 0 Å². The van der Waals surface area contributed by atoms with E-state index in [4.69, 9.17) is 4.74 Å². The Balaban J connectivity index is 2.47. The number of hydrogen-bond acceptors (Lipinski definition) is 4. The number of rotatable bonds is 4. The van der Waals surface area contributed by atoms with Gasteiger partial charge in [0.1, 0.15) is 5.75 Å². The van der Waals surface area contributed by atoms with Crippen molar-refractivity contribution in [3.05, 3.63) is 29.8 Å². The van der Waals surface area contributed by atoms with Crippen molar-refractivity contribution >= 4 is 15.9 Å². The molecule has 0 radical (unpaired) electrons. The summed E-state index contributed by atoms with van der Waals surface area (Å²) in [4.78, 5) is 12.3. The second kappa shape index (κ2) is 6.47. The fourth-order valence-corrected chi connectivity index (χ4v) is 3.95. The lowest BCUT2D eigenvalue weighted by Crippen LogP contribution is -2.39. The molecule has 1 atom stereocenters. The topological polar surface area (TPSA) is 63.7 Å². The van der Waals surface area contributed by atoms with E-state index < -0.39 is 16.1 Å². The minimum atomic E-state index is -3.57. The van der Waals surface area contributed by atoms with Crippen molar-refractivity contribution in [3.63, 3.8) is 0 Å². The molecule has 0 saturated carbocycles. The summed E-state index contributed by atoms with van der Waals surface area (Å²) < 4.78 is 30.9. The van der Waals surface area contributed by atoms with Crippen molar-refractivity contribution in [2.75, 3.05) is 12.9 Å². The van der Waals surface area contributed by atoms with Crippen LogP contribution in [0.15, 0.2) is 24.3 Å². The summed E-state index contributed by atoms with van der Waals surface area (Å²) in [6.07, 6.45) is 2.51. The van der Waals surface area contributed by atoms with Crippen molar-refractivity contribution in [1.29, 1.82) is 0 Å². The summed E-state index contributed by atoms with van der Waals surface area (Å²) in [5.41, 5.74) is 0.807. The fraction of sp³-hybridized carbons (Fsp3) is 0.533. The van der Waals surface area contributed by atoms with Gasteiger partial charge < -0.3 is 4.74 Å². The van der Waals surface area contributed by atoms with Crippen LogP contribution in [0.3, 0.4) is 0 Å².